The van der Waals surface area contributed by atoms with Gasteiger partial charge >= 0.3 is 5.97 Å². The molecule has 0 amide bonds. The number of aromatic carboxylic acids is 1. The van der Waals surface area contributed by atoms with Crippen molar-refractivity contribution >= 4 is 5.97 Å². The zero-order valence-corrected chi connectivity index (χ0v) is 8.45. The van der Waals surface area contributed by atoms with Crippen molar-refractivity contribution in [3.63, 3.8) is 0 Å². The molecule has 0 fully saturated rings. The van der Waals surface area contributed by atoms with E-state index < -0.39 is 5.97 Å². The first-order valence-electron chi connectivity index (χ1n) is 4.63. The summed E-state index contributed by atoms with van der Waals surface area (Å²) in [5, 5.41) is 17.9. The number of carboxylic acid groups (broad SMARTS) is 1. The number of carbonyl (C=O) groups is 1. The van der Waals surface area contributed by atoms with E-state index in [9.17, 15) is 4.79 Å². The van der Waals surface area contributed by atoms with Crippen LogP contribution in [0.25, 0.3) is 0 Å². The fourth-order valence-corrected chi connectivity index (χ4v) is 1.54. The molecule has 0 aliphatic heterocycles. The molecule has 0 heterocycles. The SMILES string of the molecule is CCc1ccc(C(=O)O)c(CN)c1C#N. The Morgan fingerprint density at radius 2 is 2.27 bits per heavy atom. The number of hydrogen-bond acceptors (Lipinski definition) is 3. The van der Waals surface area contributed by atoms with E-state index in [0.717, 1.165) is 5.56 Å². The van der Waals surface area contributed by atoms with E-state index in [4.69, 9.17) is 16.1 Å². The normalized spacial score (nSPS) is 9.67. The zero-order valence-electron chi connectivity index (χ0n) is 8.45. The molecule has 0 radical (unpaired) electrons. The van der Waals surface area contributed by atoms with Crippen LogP contribution in [-0.4, -0.2) is 11.1 Å². The van der Waals surface area contributed by atoms with Gasteiger partial charge in [0.15, 0.2) is 0 Å². The van der Waals surface area contributed by atoms with Crippen molar-refractivity contribution in [1.29, 1.82) is 5.26 Å². The van der Waals surface area contributed by atoms with Gasteiger partial charge in [0.2, 0.25) is 0 Å². The summed E-state index contributed by atoms with van der Waals surface area (Å²) >= 11 is 0. The minimum atomic E-state index is -1.05. The average Bonchev–Trinajstić information content (AvgIpc) is 2.26. The topological polar surface area (TPSA) is 87.1 Å². The van der Waals surface area contributed by atoms with Crippen molar-refractivity contribution < 1.29 is 9.90 Å². The van der Waals surface area contributed by atoms with Gasteiger partial charge in [-0.15, -0.1) is 0 Å². The molecule has 4 nitrogen and oxygen atoms in total. The van der Waals surface area contributed by atoms with Gasteiger partial charge in [0.1, 0.15) is 0 Å². The van der Waals surface area contributed by atoms with Gasteiger partial charge in [-0.2, -0.15) is 5.26 Å². The van der Waals surface area contributed by atoms with Gasteiger partial charge in [-0.3, -0.25) is 0 Å². The Morgan fingerprint density at radius 1 is 1.60 bits per heavy atom. The summed E-state index contributed by atoms with van der Waals surface area (Å²) in [5.41, 5.74) is 7.25. The molecular weight excluding hydrogens is 192 g/mol. The Morgan fingerprint density at radius 3 is 2.67 bits per heavy atom. The summed E-state index contributed by atoms with van der Waals surface area (Å²) in [5.74, 6) is -1.05. The molecule has 1 aromatic carbocycles. The first kappa shape index (κ1) is 11.2. The Kier molecular flexibility index (Phi) is 3.42. The molecule has 4 heteroatoms. The fraction of sp³-hybridized carbons (Fsp3) is 0.273. The summed E-state index contributed by atoms with van der Waals surface area (Å²) in [4.78, 5) is 10.9. The van der Waals surface area contributed by atoms with E-state index in [2.05, 4.69) is 0 Å². The molecule has 0 aliphatic carbocycles. The lowest BCUT2D eigenvalue weighted by Crippen LogP contribution is -2.10. The minimum Gasteiger partial charge on any atom is -0.478 e. The van der Waals surface area contributed by atoms with Gasteiger partial charge in [-0.25, -0.2) is 4.79 Å². The maximum atomic E-state index is 10.9. The summed E-state index contributed by atoms with van der Waals surface area (Å²) in [7, 11) is 0. The van der Waals surface area contributed by atoms with Gasteiger partial charge < -0.3 is 10.8 Å². The number of nitrogens with two attached hydrogens (primary N) is 1. The number of hydrogen-bond donors (Lipinski definition) is 2. The number of rotatable bonds is 3. The Balaban J connectivity index is 3.50. The molecule has 0 bridgehead atoms. The van der Waals surface area contributed by atoms with Gasteiger partial charge in [0, 0.05) is 6.54 Å². The second-order valence-corrected chi connectivity index (χ2v) is 3.10. The number of nitriles is 1. The van der Waals surface area contributed by atoms with Gasteiger partial charge in [0.25, 0.3) is 0 Å². The first-order chi connectivity index (χ1) is 7.15. The average molecular weight is 204 g/mol. The molecule has 0 spiro atoms. The Labute approximate surface area is 87.9 Å². The van der Waals surface area contributed by atoms with Crippen molar-refractivity contribution in [3.8, 4) is 6.07 Å². The standard InChI is InChI=1S/C11H12N2O2/c1-2-7-3-4-8(11(14)15)10(6-13)9(7)5-12/h3-4H,2,6,13H2,1H3,(H,14,15). The highest BCUT2D eigenvalue weighted by atomic mass is 16.4. The van der Waals surface area contributed by atoms with Crippen molar-refractivity contribution in [2.24, 2.45) is 5.73 Å². The zero-order chi connectivity index (χ0) is 11.4. The molecule has 1 rings (SSSR count). The summed E-state index contributed by atoms with van der Waals surface area (Å²) < 4.78 is 0. The largest absolute Gasteiger partial charge is 0.478 e. The van der Waals surface area contributed by atoms with E-state index >= 15 is 0 Å². The summed E-state index contributed by atoms with van der Waals surface area (Å²) in [6.07, 6.45) is 0.690. The Hall–Kier alpha value is -1.86. The quantitative estimate of drug-likeness (QED) is 0.776. The van der Waals surface area contributed by atoms with Crippen LogP contribution >= 0.6 is 0 Å². The number of carboxylic acids is 1. The molecule has 15 heavy (non-hydrogen) atoms. The van der Waals surface area contributed by atoms with Crippen molar-refractivity contribution in [3.05, 3.63) is 34.4 Å². The maximum absolute atomic E-state index is 10.9. The summed E-state index contributed by atoms with van der Waals surface area (Å²) in [6.45, 7) is 1.98. The van der Waals surface area contributed by atoms with Crippen LogP contribution in [-0.2, 0) is 13.0 Å². The van der Waals surface area contributed by atoms with Crippen LogP contribution in [0.1, 0.15) is 34.0 Å². The lowest BCUT2D eigenvalue weighted by Gasteiger charge is -2.09. The third-order valence-electron chi connectivity index (χ3n) is 2.33. The van der Waals surface area contributed by atoms with Crippen LogP contribution < -0.4 is 5.73 Å². The lowest BCUT2D eigenvalue weighted by molar-refractivity contribution is 0.0695. The number of aryl methyl sites for hydroxylation is 1. The second kappa shape index (κ2) is 4.58. The first-order valence-corrected chi connectivity index (χ1v) is 4.63. The second-order valence-electron chi connectivity index (χ2n) is 3.10. The van der Waals surface area contributed by atoms with Gasteiger partial charge in [-0.05, 0) is 23.6 Å². The van der Waals surface area contributed by atoms with Crippen LogP contribution in [0.3, 0.4) is 0 Å². The number of nitrogens with zero attached hydrogens (tertiary/aromatic N) is 1. The highest BCUT2D eigenvalue weighted by Crippen LogP contribution is 2.19. The maximum Gasteiger partial charge on any atom is 0.336 e. The molecule has 0 aliphatic rings. The van der Waals surface area contributed by atoms with E-state index in [-0.39, 0.29) is 12.1 Å². The minimum absolute atomic E-state index is 0.0678. The van der Waals surface area contributed by atoms with E-state index in [1.807, 2.05) is 13.0 Å². The van der Waals surface area contributed by atoms with Crippen LogP contribution in [0.15, 0.2) is 12.1 Å². The van der Waals surface area contributed by atoms with Crippen molar-refractivity contribution in [2.45, 2.75) is 19.9 Å². The predicted molar refractivity (Wildman–Crippen MR) is 55.4 cm³/mol. The van der Waals surface area contributed by atoms with Crippen molar-refractivity contribution in [2.75, 3.05) is 0 Å². The molecule has 0 saturated heterocycles. The monoisotopic (exact) mass is 204 g/mol. The van der Waals surface area contributed by atoms with Crippen LogP contribution in [0.2, 0.25) is 0 Å². The van der Waals surface area contributed by atoms with E-state index in [1.165, 1.54) is 6.07 Å². The smallest absolute Gasteiger partial charge is 0.336 e. The molecule has 0 saturated carbocycles. The molecule has 78 valence electrons. The number of benzene rings is 1. The van der Waals surface area contributed by atoms with Crippen LogP contribution in [0.5, 0.6) is 0 Å². The molecule has 0 unspecified atom stereocenters. The summed E-state index contributed by atoms with van der Waals surface area (Å²) in [6, 6.07) is 5.19. The highest BCUT2D eigenvalue weighted by molar-refractivity contribution is 5.90. The fourth-order valence-electron chi connectivity index (χ4n) is 1.54. The van der Waals surface area contributed by atoms with E-state index in [0.29, 0.717) is 17.5 Å². The van der Waals surface area contributed by atoms with Gasteiger partial charge in [-0.1, -0.05) is 13.0 Å². The van der Waals surface area contributed by atoms with E-state index in [1.54, 1.807) is 6.07 Å². The van der Waals surface area contributed by atoms with Gasteiger partial charge in [0.05, 0.1) is 17.2 Å². The molecule has 0 atom stereocenters. The highest BCUT2D eigenvalue weighted by Gasteiger charge is 2.15. The molecule has 0 aromatic heterocycles. The van der Waals surface area contributed by atoms with Crippen molar-refractivity contribution in [1.82, 2.24) is 0 Å². The third-order valence-corrected chi connectivity index (χ3v) is 2.33. The lowest BCUT2D eigenvalue weighted by atomic mass is 9.95. The Bertz CT molecular complexity index is 433. The molecule has 3 N–H and O–H groups in total. The van der Waals surface area contributed by atoms with Crippen LogP contribution in [0.4, 0.5) is 0 Å². The molecular formula is C11H12N2O2. The molecule has 1 aromatic rings. The predicted octanol–water partition coefficient (Wildman–Crippen LogP) is 1.28. The third kappa shape index (κ3) is 1.97. The van der Waals surface area contributed by atoms with Crippen LogP contribution in [0, 0.1) is 11.3 Å².